The van der Waals surface area contributed by atoms with Crippen LogP contribution in [-0.2, 0) is 6.54 Å². The standard InChI is InChI=1S/C6H10N4S/c1-4-10-5(3-11-4)2-9-6(7)8/h3H,2H2,1H3,(H4,7,8,9). The highest BCUT2D eigenvalue weighted by Gasteiger charge is 1.95. The molecule has 0 aliphatic heterocycles. The van der Waals surface area contributed by atoms with E-state index in [1.165, 1.54) is 0 Å². The van der Waals surface area contributed by atoms with Gasteiger partial charge in [0.15, 0.2) is 5.96 Å². The molecular weight excluding hydrogens is 160 g/mol. The van der Waals surface area contributed by atoms with Crippen LogP contribution in [0.1, 0.15) is 10.7 Å². The molecule has 1 aromatic rings. The first-order valence-corrected chi connectivity index (χ1v) is 4.03. The van der Waals surface area contributed by atoms with E-state index in [0.717, 1.165) is 10.7 Å². The highest BCUT2D eigenvalue weighted by atomic mass is 32.1. The van der Waals surface area contributed by atoms with Gasteiger partial charge in [0.2, 0.25) is 0 Å². The number of rotatable bonds is 2. The Morgan fingerprint density at radius 2 is 2.45 bits per heavy atom. The number of nitrogens with two attached hydrogens (primary N) is 2. The van der Waals surface area contributed by atoms with Gasteiger partial charge in [-0.15, -0.1) is 11.3 Å². The van der Waals surface area contributed by atoms with Crippen LogP contribution in [0.5, 0.6) is 0 Å². The number of hydrogen-bond donors (Lipinski definition) is 2. The lowest BCUT2D eigenvalue weighted by Crippen LogP contribution is -2.22. The molecule has 0 bridgehead atoms. The molecule has 1 rings (SSSR count). The van der Waals surface area contributed by atoms with Crippen molar-refractivity contribution in [1.29, 1.82) is 0 Å². The van der Waals surface area contributed by atoms with Gasteiger partial charge in [0.25, 0.3) is 0 Å². The van der Waals surface area contributed by atoms with Crippen molar-refractivity contribution in [2.45, 2.75) is 13.5 Å². The van der Waals surface area contributed by atoms with Crippen molar-refractivity contribution in [1.82, 2.24) is 4.98 Å². The summed E-state index contributed by atoms with van der Waals surface area (Å²) in [6, 6.07) is 0. The van der Waals surface area contributed by atoms with Crippen molar-refractivity contribution >= 4 is 17.3 Å². The Bertz CT molecular complexity index is 261. The van der Waals surface area contributed by atoms with Gasteiger partial charge in [0.1, 0.15) is 0 Å². The zero-order valence-corrected chi connectivity index (χ0v) is 7.06. The average molecular weight is 170 g/mol. The number of guanidine groups is 1. The largest absolute Gasteiger partial charge is 0.370 e. The first-order chi connectivity index (χ1) is 5.18. The molecule has 1 aromatic heterocycles. The maximum atomic E-state index is 5.15. The van der Waals surface area contributed by atoms with Crippen molar-refractivity contribution < 1.29 is 0 Å². The minimum Gasteiger partial charge on any atom is -0.370 e. The molecule has 0 saturated heterocycles. The van der Waals surface area contributed by atoms with E-state index in [1.54, 1.807) is 11.3 Å². The molecule has 0 spiro atoms. The van der Waals surface area contributed by atoms with Gasteiger partial charge in [0.05, 0.1) is 17.2 Å². The van der Waals surface area contributed by atoms with Crippen LogP contribution >= 0.6 is 11.3 Å². The summed E-state index contributed by atoms with van der Waals surface area (Å²) >= 11 is 1.59. The highest BCUT2D eigenvalue weighted by molar-refractivity contribution is 7.09. The fourth-order valence-corrected chi connectivity index (χ4v) is 1.26. The molecule has 0 radical (unpaired) electrons. The fourth-order valence-electron chi connectivity index (χ4n) is 0.653. The zero-order chi connectivity index (χ0) is 8.27. The summed E-state index contributed by atoms with van der Waals surface area (Å²) in [4.78, 5) is 8.01. The molecule has 1 heterocycles. The van der Waals surface area contributed by atoms with Gasteiger partial charge >= 0.3 is 0 Å². The Kier molecular flexibility index (Phi) is 2.43. The van der Waals surface area contributed by atoms with Gasteiger partial charge in [-0.25, -0.2) is 9.98 Å². The maximum Gasteiger partial charge on any atom is 0.186 e. The SMILES string of the molecule is Cc1nc(CN=C(N)N)cs1. The molecule has 0 unspecified atom stereocenters. The van der Waals surface area contributed by atoms with E-state index in [2.05, 4.69) is 9.98 Å². The molecule has 0 fully saturated rings. The molecule has 0 saturated carbocycles. The molecule has 4 nitrogen and oxygen atoms in total. The van der Waals surface area contributed by atoms with E-state index >= 15 is 0 Å². The normalized spacial score (nSPS) is 9.55. The monoisotopic (exact) mass is 170 g/mol. The number of aryl methyl sites for hydroxylation is 1. The van der Waals surface area contributed by atoms with Gasteiger partial charge in [0, 0.05) is 5.38 Å². The Morgan fingerprint density at radius 3 is 2.91 bits per heavy atom. The van der Waals surface area contributed by atoms with Gasteiger partial charge in [-0.05, 0) is 6.92 Å². The summed E-state index contributed by atoms with van der Waals surface area (Å²) in [6.07, 6.45) is 0. The van der Waals surface area contributed by atoms with Crippen LogP contribution in [0, 0.1) is 6.92 Å². The Labute approximate surface area is 69.0 Å². The number of nitrogens with zero attached hydrogens (tertiary/aromatic N) is 2. The molecular formula is C6H10N4S. The number of aliphatic imine (C=N–C) groups is 1. The van der Waals surface area contributed by atoms with Gasteiger partial charge in [-0.2, -0.15) is 0 Å². The van der Waals surface area contributed by atoms with E-state index in [-0.39, 0.29) is 5.96 Å². The van der Waals surface area contributed by atoms with Gasteiger partial charge in [-0.1, -0.05) is 0 Å². The third-order valence-corrected chi connectivity index (χ3v) is 1.91. The van der Waals surface area contributed by atoms with Crippen LogP contribution in [0.4, 0.5) is 0 Å². The summed E-state index contributed by atoms with van der Waals surface area (Å²) in [5, 5.41) is 2.98. The zero-order valence-electron chi connectivity index (χ0n) is 6.24. The van der Waals surface area contributed by atoms with Crippen molar-refractivity contribution in [3.63, 3.8) is 0 Å². The van der Waals surface area contributed by atoms with Gasteiger partial charge < -0.3 is 11.5 Å². The third kappa shape index (κ3) is 2.55. The third-order valence-electron chi connectivity index (χ3n) is 1.09. The molecule has 0 aromatic carbocycles. The topological polar surface area (TPSA) is 77.3 Å². The predicted molar refractivity (Wildman–Crippen MR) is 46.4 cm³/mol. The van der Waals surface area contributed by atoms with Crippen LogP contribution in [-0.4, -0.2) is 10.9 Å². The van der Waals surface area contributed by atoms with Crippen molar-refractivity contribution in [3.05, 3.63) is 16.1 Å². The number of aromatic nitrogens is 1. The van der Waals surface area contributed by atoms with E-state index in [1.807, 2.05) is 12.3 Å². The first kappa shape index (κ1) is 8.00. The highest BCUT2D eigenvalue weighted by Crippen LogP contribution is 2.08. The summed E-state index contributed by atoms with van der Waals surface area (Å²) in [5.41, 5.74) is 11.2. The molecule has 0 aliphatic rings. The van der Waals surface area contributed by atoms with Crippen LogP contribution in [0.3, 0.4) is 0 Å². The minimum absolute atomic E-state index is 0.107. The average Bonchev–Trinajstić information content (AvgIpc) is 2.31. The maximum absolute atomic E-state index is 5.15. The second-order valence-electron chi connectivity index (χ2n) is 2.10. The second-order valence-corrected chi connectivity index (χ2v) is 3.16. The number of thiazole rings is 1. The van der Waals surface area contributed by atoms with Crippen molar-refractivity contribution in [2.24, 2.45) is 16.5 Å². The first-order valence-electron chi connectivity index (χ1n) is 3.15. The van der Waals surface area contributed by atoms with Crippen LogP contribution in [0.2, 0.25) is 0 Å². The van der Waals surface area contributed by atoms with E-state index in [0.29, 0.717) is 6.54 Å². The lowest BCUT2D eigenvalue weighted by molar-refractivity contribution is 0.990. The van der Waals surface area contributed by atoms with Gasteiger partial charge in [-0.3, -0.25) is 0 Å². The molecule has 11 heavy (non-hydrogen) atoms. The summed E-state index contributed by atoms with van der Waals surface area (Å²) in [5.74, 6) is 0.107. The van der Waals surface area contributed by atoms with Crippen molar-refractivity contribution in [3.8, 4) is 0 Å². The molecule has 0 amide bonds. The Hall–Kier alpha value is -1.10. The Morgan fingerprint density at radius 1 is 1.73 bits per heavy atom. The minimum atomic E-state index is 0.107. The van der Waals surface area contributed by atoms with Crippen LogP contribution in [0.15, 0.2) is 10.4 Å². The molecule has 5 heteroatoms. The smallest absolute Gasteiger partial charge is 0.186 e. The van der Waals surface area contributed by atoms with Crippen molar-refractivity contribution in [2.75, 3.05) is 0 Å². The molecule has 4 N–H and O–H groups in total. The molecule has 0 aliphatic carbocycles. The summed E-state index contributed by atoms with van der Waals surface area (Å²) in [7, 11) is 0. The quantitative estimate of drug-likeness (QED) is 0.492. The molecule has 0 atom stereocenters. The Balaban J connectivity index is 2.58. The fraction of sp³-hybridized carbons (Fsp3) is 0.333. The van der Waals surface area contributed by atoms with Crippen LogP contribution in [0.25, 0.3) is 0 Å². The lowest BCUT2D eigenvalue weighted by atomic mass is 10.5. The summed E-state index contributed by atoms with van der Waals surface area (Å²) < 4.78 is 0. The second kappa shape index (κ2) is 3.34. The summed E-state index contributed by atoms with van der Waals surface area (Å²) in [6.45, 7) is 2.43. The van der Waals surface area contributed by atoms with E-state index in [9.17, 15) is 0 Å². The predicted octanol–water partition coefficient (Wildman–Crippen LogP) is 0.225. The van der Waals surface area contributed by atoms with E-state index in [4.69, 9.17) is 11.5 Å². The molecule has 60 valence electrons. The lowest BCUT2D eigenvalue weighted by Gasteiger charge is -1.89. The van der Waals surface area contributed by atoms with E-state index < -0.39 is 0 Å². The number of hydrogen-bond acceptors (Lipinski definition) is 3. The van der Waals surface area contributed by atoms with Crippen LogP contribution < -0.4 is 11.5 Å².